The molecule has 23 heavy (non-hydrogen) atoms. The van der Waals surface area contributed by atoms with Crippen molar-refractivity contribution in [2.75, 3.05) is 25.5 Å². The topological polar surface area (TPSA) is 45.2 Å². The Morgan fingerprint density at radius 3 is 2.74 bits per heavy atom. The van der Waals surface area contributed by atoms with Gasteiger partial charge in [-0.15, -0.1) is 11.3 Å². The Labute approximate surface area is 139 Å². The average molecular weight is 333 g/mol. The normalized spacial score (nSPS) is 14.3. The molecule has 1 aliphatic rings. The number of benzene rings is 1. The number of amides is 1. The molecule has 1 aromatic heterocycles. The summed E-state index contributed by atoms with van der Waals surface area (Å²) in [5.41, 5.74) is 1.64. The molecule has 1 amide bonds. The smallest absolute Gasteiger partial charge is 0.240 e. The predicted octanol–water partition coefficient (Wildman–Crippen LogP) is 3.54. The Morgan fingerprint density at radius 1 is 1.39 bits per heavy atom. The van der Waals surface area contributed by atoms with E-state index in [1.807, 2.05) is 18.9 Å². The van der Waals surface area contributed by atoms with E-state index in [9.17, 15) is 9.18 Å². The number of nitrogens with one attached hydrogen (secondary N) is 1. The molecule has 122 valence electrons. The number of hydrogen-bond donors (Lipinski definition) is 1. The van der Waals surface area contributed by atoms with Gasteiger partial charge < -0.3 is 5.32 Å². The summed E-state index contributed by atoms with van der Waals surface area (Å²) in [6.07, 6.45) is 2.55. The predicted molar refractivity (Wildman–Crippen MR) is 91.1 cm³/mol. The van der Waals surface area contributed by atoms with Crippen LogP contribution in [0.1, 0.15) is 17.7 Å². The third-order valence-electron chi connectivity index (χ3n) is 3.84. The second-order valence-electron chi connectivity index (χ2n) is 6.12. The summed E-state index contributed by atoms with van der Waals surface area (Å²) in [5, 5.41) is 3.45. The highest BCUT2D eigenvalue weighted by atomic mass is 32.1. The lowest BCUT2D eigenvalue weighted by Gasteiger charge is -2.14. The van der Waals surface area contributed by atoms with E-state index in [1.165, 1.54) is 36.3 Å². The summed E-state index contributed by atoms with van der Waals surface area (Å²) in [6, 6.07) is 6.23. The first-order valence-corrected chi connectivity index (χ1v) is 8.54. The van der Waals surface area contributed by atoms with Crippen LogP contribution in [-0.4, -0.2) is 35.9 Å². The van der Waals surface area contributed by atoms with E-state index in [0.29, 0.717) is 11.7 Å². The van der Waals surface area contributed by atoms with Gasteiger partial charge in [-0.3, -0.25) is 9.69 Å². The maximum absolute atomic E-state index is 13.0. The molecule has 0 bridgehead atoms. The number of hydrogen-bond acceptors (Lipinski definition) is 4. The first-order valence-electron chi connectivity index (χ1n) is 7.73. The van der Waals surface area contributed by atoms with Crippen molar-refractivity contribution in [2.45, 2.75) is 19.8 Å². The van der Waals surface area contributed by atoms with E-state index >= 15 is 0 Å². The van der Waals surface area contributed by atoms with Crippen LogP contribution in [0.25, 0.3) is 11.3 Å². The fraction of sp³-hybridized carbons (Fsp3) is 0.412. The third kappa shape index (κ3) is 4.36. The minimum absolute atomic E-state index is 0.0486. The van der Waals surface area contributed by atoms with Gasteiger partial charge in [-0.1, -0.05) is 0 Å². The molecule has 0 atom stereocenters. The molecule has 6 heteroatoms. The highest BCUT2D eigenvalue weighted by Crippen LogP contribution is 2.31. The molecule has 0 saturated heterocycles. The Bertz CT molecular complexity index is 694. The maximum Gasteiger partial charge on any atom is 0.240 e. The van der Waals surface area contributed by atoms with Crippen LogP contribution in [0, 0.1) is 18.7 Å². The number of aromatic nitrogens is 1. The number of aryl methyl sites for hydroxylation is 1. The average Bonchev–Trinajstić information content (AvgIpc) is 3.21. The van der Waals surface area contributed by atoms with Crippen molar-refractivity contribution in [3.05, 3.63) is 35.0 Å². The molecule has 1 aliphatic carbocycles. The van der Waals surface area contributed by atoms with Crippen molar-refractivity contribution < 1.29 is 9.18 Å². The molecule has 0 aliphatic heterocycles. The zero-order valence-corrected chi connectivity index (χ0v) is 14.1. The van der Waals surface area contributed by atoms with Gasteiger partial charge in [-0.2, -0.15) is 0 Å². The van der Waals surface area contributed by atoms with Crippen LogP contribution in [0.2, 0.25) is 0 Å². The Morgan fingerprint density at radius 2 is 2.09 bits per heavy atom. The largest absolute Gasteiger partial charge is 0.301 e. The quantitative estimate of drug-likeness (QED) is 0.879. The SMILES string of the molecule is Cc1sc(NC(=O)CN(C)CC2CC2)nc1-c1ccc(F)cc1. The van der Waals surface area contributed by atoms with E-state index in [1.54, 1.807) is 12.1 Å². The summed E-state index contributed by atoms with van der Waals surface area (Å²) in [7, 11) is 1.97. The molecule has 0 radical (unpaired) electrons. The van der Waals surface area contributed by atoms with E-state index in [2.05, 4.69) is 10.3 Å². The van der Waals surface area contributed by atoms with Gasteiger partial charge in [0, 0.05) is 17.0 Å². The highest BCUT2D eigenvalue weighted by Gasteiger charge is 2.23. The standard InChI is InChI=1S/C17H20FN3OS/c1-11-16(13-5-7-14(18)8-6-13)20-17(23-11)19-15(22)10-21(2)9-12-3-4-12/h5-8,12H,3-4,9-10H2,1-2H3,(H,19,20,22). The molecule has 4 nitrogen and oxygen atoms in total. The van der Waals surface area contributed by atoms with E-state index in [4.69, 9.17) is 0 Å². The van der Waals surface area contributed by atoms with Crippen LogP contribution in [0.5, 0.6) is 0 Å². The second kappa shape index (κ2) is 6.76. The van der Waals surface area contributed by atoms with Crippen LogP contribution >= 0.6 is 11.3 Å². The lowest BCUT2D eigenvalue weighted by Crippen LogP contribution is -2.31. The van der Waals surface area contributed by atoms with Crippen LogP contribution in [0.4, 0.5) is 9.52 Å². The van der Waals surface area contributed by atoms with Crippen molar-refractivity contribution in [1.82, 2.24) is 9.88 Å². The van der Waals surface area contributed by atoms with Gasteiger partial charge in [0.05, 0.1) is 12.2 Å². The van der Waals surface area contributed by atoms with E-state index in [-0.39, 0.29) is 11.7 Å². The van der Waals surface area contributed by atoms with Gasteiger partial charge >= 0.3 is 0 Å². The van der Waals surface area contributed by atoms with Crippen molar-refractivity contribution in [2.24, 2.45) is 5.92 Å². The van der Waals surface area contributed by atoms with E-state index < -0.39 is 0 Å². The van der Waals surface area contributed by atoms with Crippen molar-refractivity contribution in [3.63, 3.8) is 0 Å². The summed E-state index contributed by atoms with van der Waals surface area (Å²) in [6.45, 7) is 3.30. The molecule has 0 unspecified atom stereocenters. The maximum atomic E-state index is 13.0. The molecule has 3 rings (SSSR count). The minimum Gasteiger partial charge on any atom is -0.301 e. The van der Waals surface area contributed by atoms with Crippen molar-refractivity contribution in [3.8, 4) is 11.3 Å². The van der Waals surface area contributed by atoms with Crippen LogP contribution in [-0.2, 0) is 4.79 Å². The van der Waals surface area contributed by atoms with Gasteiger partial charge in [0.15, 0.2) is 5.13 Å². The molecule has 2 aromatic rings. The monoisotopic (exact) mass is 333 g/mol. The highest BCUT2D eigenvalue weighted by molar-refractivity contribution is 7.16. The fourth-order valence-electron chi connectivity index (χ4n) is 2.54. The first-order chi connectivity index (χ1) is 11.0. The molecule has 1 fully saturated rings. The third-order valence-corrected chi connectivity index (χ3v) is 4.73. The summed E-state index contributed by atoms with van der Waals surface area (Å²) >= 11 is 1.44. The molecule has 1 N–H and O–H groups in total. The van der Waals surface area contributed by atoms with Gasteiger partial charge in [-0.05, 0) is 57.0 Å². The summed E-state index contributed by atoms with van der Waals surface area (Å²) in [4.78, 5) is 19.6. The van der Waals surface area contributed by atoms with Crippen LogP contribution in [0.15, 0.2) is 24.3 Å². The Hall–Kier alpha value is -1.79. The zero-order chi connectivity index (χ0) is 16.4. The number of carbonyl (C=O) groups excluding carboxylic acids is 1. The second-order valence-corrected chi connectivity index (χ2v) is 7.32. The molecular formula is C17H20FN3OS. The molecule has 1 heterocycles. The Balaban J connectivity index is 1.63. The van der Waals surface area contributed by atoms with Crippen molar-refractivity contribution >= 4 is 22.4 Å². The van der Waals surface area contributed by atoms with Crippen LogP contribution < -0.4 is 5.32 Å². The lowest BCUT2D eigenvalue weighted by atomic mass is 10.1. The minimum atomic E-state index is -0.270. The van der Waals surface area contributed by atoms with Crippen molar-refractivity contribution in [1.29, 1.82) is 0 Å². The number of carbonyl (C=O) groups is 1. The Kier molecular flexibility index (Phi) is 4.73. The van der Waals surface area contributed by atoms with Crippen LogP contribution in [0.3, 0.4) is 0 Å². The van der Waals surface area contributed by atoms with Gasteiger partial charge in [-0.25, -0.2) is 9.37 Å². The number of thiazole rings is 1. The van der Waals surface area contributed by atoms with Gasteiger partial charge in [0.25, 0.3) is 0 Å². The molecule has 1 aromatic carbocycles. The number of nitrogens with zero attached hydrogens (tertiary/aromatic N) is 2. The number of rotatable bonds is 6. The van der Waals surface area contributed by atoms with E-state index in [0.717, 1.165) is 28.6 Å². The molecule has 1 saturated carbocycles. The molecule has 0 spiro atoms. The number of anilines is 1. The molecular weight excluding hydrogens is 313 g/mol. The zero-order valence-electron chi connectivity index (χ0n) is 13.3. The van der Waals surface area contributed by atoms with Gasteiger partial charge in [0.1, 0.15) is 5.82 Å². The summed E-state index contributed by atoms with van der Waals surface area (Å²) < 4.78 is 13.0. The number of likely N-dealkylation sites (N-methyl/N-ethyl adjacent to an activating group) is 1. The fourth-order valence-corrected chi connectivity index (χ4v) is 3.39. The first kappa shape index (κ1) is 16.1. The lowest BCUT2D eigenvalue weighted by molar-refractivity contribution is -0.117. The summed E-state index contributed by atoms with van der Waals surface area (Å²) in [5.74, 6) is 0.446. The number of halogens is 1. The van der Waals surface area contributed by atoms with Gasteiger partial charge in [0.2, 0.25) is 5.91 Å².